The third kappa shape index (κ3) is 4.76. The standard InChI is InChI=1S/C25H35BO2Si/c1-20(21-14-10-8-11-15-21)23(26-27-24(2,3)25(4,5)28-26)18-19-29(6,7)22-16-12-9-13-17-22/h8-17H,18-19H2,1-7H3/b23-20+. The van der Waals surface area contributed by atoms with E-state index in [0.717, 1.165) is 6.42 Å². The lowest BCUT2D eigenvalue weighted by Gasteiger charge is -2.32. The molecule has 0 amide bonds. The van der Waals surface area contributed by atoms with E-state index in [1.54, 1.807) is 0 Å². The van der Waals surface area contributed by atoms with E-state index in [9.17, 15) is 0 Å². The van der Waals surface area contributed by atoms with Crippen molar-refractivity contribution in [2.45, 2.75) is 71.4 Å². The first-order valence-electron chi connectivity index (χ1n) is 10.7. The Bertz CT molecular complexity index is 841. The highest BCUT2D eigenvalue weighted by atomic mass is 28.3. The zero-order valence-electron chi connectivity index (χ0n) is 19.1. The van der Waals surface area contributed by atoms with Gasteiger partial charge in [0, 0.05) is 0 Å². The third-order valence-electron chi connectivity index (χ3n) is 6.80. The van der Waals surface area contributed by atoms with Gasteiger partial charge in [0.05, 0.1) is 19.3 Å². The maximum atomic E-state index is 6.48. The van der Waals surface area contributed by atoms with Crippen molar-refractivity contribution in [3.63, 3.8) is 0 Å². The molecule has 4 heteroatoms. The Morgan fingerprint density at radius 1 is 0.828 bits per heavy atom. The molecule has 0 bridgehead atoms. The van der Waals surface area contributed by atoms with Crippen molar-refractivity contribution < 1.29 is 9.31 Å². The molecule has 3 rings (SSSR count). The highest BCUT2D eigenvalue weighted by Gasteiger charge is 2.52. The first kappa shape index (κ1) is 22.1. The minimum absolute atomic E-state index is 0.291. The molecule has 1 saturated heterocycles. The molecule has 0 unspecified atom stereocenters. The summed E-state index contributed by atoms with van der Waals surface area (Å²) < 4.78 is 13.0. The van der Waals surface area contributed by atoms with Gasteiger partial charge >= 0.3 is 7.12 Å². The van der Waals surface area contributed by atoms with Crippen LogP contribution in [0.25, 0.3) is 5.57 Å². The summed E-state index contributed by atoms with van der Waals surface area (Å²) in [4.78, 5) is 0. The van der Waals surface area contributed by atoms with Gasteiger partial charge in [0.15, 0.2) is 0 Å². The molecule has 1 aliphatic rings. The first-order valence-corrected chi connectivity index (χ1v) is 13.9. The number of benzene rings is 2. The van der Waals surface area contributed by atoms with Gasteiger partial charge in [0.1, 0.15) is 0 Å². The third-order valence-corrected chi connectivity index (χ3v) is 10.2. The Morgan fingerprint density at radius 3 is 1.83 bits per heavy atom. The number of hydrogen-bond donors (Lipinski definition) is 0. The summed E-state index contributed by atoms with van der Waals surface area (Å²) >= 11 is 0. The van der Waals surface area contributed by atoms with Crippen LogP contribution in [-0.2, 0) is 9.31 Å². The second-order valence-electron chi connectivity index (χ2n) is 9.85. The van der Waals surface area contributed by atoms with E-state index in [1.165, 1.54) is 27.8 Å². The Labute approximate surface area is 178 Å². The molecule has 0 atom stereocenters. The normalized spacial score (nSPS) is 19.2. The fourth-order valence-corrected chi connectivity index (χ4v) is 6.10. The second kappa shape index (κ2) is 8.25. The molecule has 1 aliphatic heterocycles. The van der Waals surface area contributed by atoms with Gasteiger partial charge in [0.2, 0.25) is 0 Å². The lowest BCUT2D eigenvalue weighted by Crippen LogP contribution is -2.41. The van der Waals surface area contributed by atoms with Crippen molar-refractivity contribution in [3.8, 4) is 0 Å². The molecular weight excluding hydrogens is 371 g/mol. The predicted molar refractivity (Wildman–Crippen MR) is 128 cm³/mol. The van der Waals surface area contributed by atoms with Crippen LogP contribution in [0.3, 0.4) is 0 Å². The summed E-state index contributed by atoms with van der Waals surface area (Å²) in [6.07, 6.45) is 0.992. The maximum Gasteiger partial charge on any atom is 0.490 e. The van der Waals surface area contributed by atoms with E-state index in [1.807, 2.05) is 0 Å². The number of hydrogen-bond acceptors (Lipinski definition) is 2. The quantitative estimate of drug-likeness (QED) is 0.540. The first-order chi connectivity index (χ1) is 13.5. The summed E-state index contributed by atoms with van der Waals surface area (Å²) in [6, 6.07) is 22.8. The summed E-state index contributed by atoms with van der Waals surface area (Å²) in [6.45, 7) is 15.7. The van der Waals surface area contributed by atoms with Gasteiger partial charge in [-0.25, -0.2) is 0 Å². The Balaban J connectivity index is 1.92. The molecule has 0 radical (unpaired) electrons. The maximum absolute atomic E-state index is 6.48. The fraction of sp³-hybridized carbons (Fsp3) is 0.440. The van der Waals surface area contributed by atoms with Crippen molar-refractivity contribution in [1.29, 1.82) is 0 Å². The van der Waals surface area contributed by atoms with E-state index in [-0.39, 0.29) is 18.3 Å². The highest BCUT2D eigenvalue weighted by molar-refractivity contribution is 6.89. The number of rotatable bonds is 6. The van der Waals surface area contributed by atoms with Crippen LogP contribution in [0.15, 0.2) is 66.1 Å². The van der Waals surface area contributed by atoms with Gasteiger partial charge in [0.25, 0.3) is 0 Å². The van der Waals surface area contributed by atoms with Gasteiger partial charge < -0.3 is 9.31 Å². The fourth-order valence-electron chi connectivity index (χ4n) is 3.82. The van der Waals surface area contributed by atoms with Gasteiger partial charge in [-0.1, -0.05) is 85.0 Å². The largest absolute Gasteiger partial charge is 0.490 e. The van der Waals surface area contributed by atoms with Crippen LogP contribution in [0.4, 0.5) is 0 Å². The van der Waals surface area contributed by atoms with Crippen LogP contribution in [0.2, 0.25) is 19.1 Å². The second-order valence-corrected chi connectivity index (χ2v) is 14.7. The molecule has 1 heterocycles. The predicted octanol–water partition coefficient (Wildman–Crippen LogP) is 6.10. The van der Waals surface area contributed by atoms with E-state index in [4.69, 9.17) is 9.31 Å². The van der Waals surface area contributed by atoms with Crippen LogP contribution in [0.1, 0.15) is 46.6 Å². The molecular formula is C25H35BO2Si. The molecule has 2 aromatic rings. The van der Waals surface area contributed by atoms with Crippen molar-refractivity contribution in [2.24, 2.45) is 0 Å². The van der Waals surface area contributed by atoms with Crippen LogP contribution in [0, 0.1) is 0 Å². The summed E-state index contributed by atoms with van der Waals surface area (Å²) in [7, 11) is -1.85. The summed E-state index contributed by atoms with van der Waals surface area (Å²) in [5.41, 5.74) is 3.16. The molecule has 2 nitrogen and oxygen atoms in total. The Kier molecular flexibility index (Phi) is 6.28. The van der Waals surface area contributed by atoms with Crippen molar-refractivity contribution >= 4 is 26.0 Å². The minimum atomic E-state index is -1.56. The monoisotopic (exact) mass is 406 g/mol. The lowest BCUT2D eigenvalue weighted by molar-refractivity contribution is 0.00578. The van der Waals surface area contributed by atoms with Crippen LogP contribution in [-0.4, -0.2) is 26.4 Å². The molecule has 0 saturated carbocycles. The van der Waals surface area contributed by atoms with E-state index >= 15 is 0 Å². The molecule has 0 aliphatic carbocycles. The average molecular weight is 406 g/mol. The average Bonchev–Trinajstić information content (AvgIpc) is 2.90. The molecule has 0 aromatic heterocycles. The van der Waals surface area contributed by atoms with Crippen LogP contribution < -0.4 is 5.19 Å². The van der Waals surface area contributed by atoms with Gasteiger partial charge in [-0.2, -0.15) is 0 Å². The van der Waals surface area contributed by atoms with Gasteiger partial charge in [-0.3, -0.25) is 0 Å². The SMILES string of the molecule is C/C(=C(/CC[Si](C)(C)c1ccccc1)B1OC(C)(C)C(C)(C)O1)c1ccccc1. The van der Waals surface area contributed by atoms with Gasteiger partial charge in [-0.15, -0.1) is 0 Å². The molecule has 29 heavy (non-hydrogen) atoms. The van der Waals surface area contributed by atoms with E-state index in [2.05, 4.69) is 108 Å². The molecule has 2 aromatic carbocycles. The zero-order valence-corrected chi connectivity index (χ0v) is 20.1. The van der Waals surface area contributed by atoms with Gasteiger partial charge in [-0.05, 0) is 57.6 Å². The van der Waals surface area contributed by atoms with Crippen molar-refractivity contribution in [1.82, 2.24) is 0 Å². The lowest BCUT2D eigenvalue weighted by atomic mass is 9.72. The number of allylic oxidation sites excluding steroid dienone is 2. The topological polar surface area (TPSA) is 18.5 Å². The Hall–Kier alpha value is -1.62. The zero-order chi connectivity index (χ0) is 21.3. The molecule has 154 valence electrons. The minimum Gasteiger partial charge on any atom is -0.400 e. The smallest absolute Gasteiger partial charge is 0.400 e. The molecule has 0 N–H and O–H groups in total. The van der Waals surface area contributed by atoms with Crippen molar-refractivity contribution in [2.75, 3.05) is 0 Å². The van der Waals surface area contributed by atoms with E-state index in [0.29, 0.717) is 0 Å². The molecule has 0 spiro atoms. The van der Waals surface area contributed by atoms with Crippen LogP contribution >= 0.6 is 0 Å². The van der Waals surface area contributed by atoms with Crippen molar-refractivity contribution in [3.05, 3.63) is 71.7 Å². The Morgan fingerprint density at radius 2 is 1.31 bits per heavy atom. The molecule has 1 fully saturated rings. The highest BCUT2D eigenvalue weighted by Crippen LogP contribution is 2.41. The summed E-state index contributed by atoms with van der Waals surface area (Å²) in [5.74, 6) is 0. The van der Waals surface area contributed by atoms with Crippen LogP contribution in [0.5, 0.6) is 0 Å². The summed E-state index contributed by atoms with van der Waals surface area (Å²) in [5, 5.41) is 1.51. The van der Waals surface area contributed by atoms with E-state index < -0.39 is 8.07 Å².